The lowest BCUT2D eigenvalue weighted by atomic mass is 9.93. The Morgan fingerprint density at radius 2 is 1.26 bits per heavy atom. The van der Waals surface area contributed by atoms with Gasteiger partial charge in [0, 0.05) is 0 Å². The molecule has 0 saturated carbocycles. The maximum absolute atomic E-state index is 13.2. The van der Waals surface area contributed by atoms with Crippen molar-refractivity contribution in [2.45, 2.75) is 111 Å². The lowest BCUT2D eigenvalue weighted by Gasteiger charge is -2.31. The fraction of sp³-hybridized carbons (Fsp3) is 0.840. The Balaban J connectivity index is 5.63. The van der Waals surface area contributed by atoms with E-state index >= 15 is 0 Å². The lowest BCUT2D eigenvalue weighted by molar-refractivity contribution is -0.135. The summed E-state index contributed by atoms with van der Waals surface area (Å²) in [4.78, 5) is 50.3. The molecule has 10 nitrogen and oxygen atoms in total. The van der Waals surface area contributed by atoms with Crippen molar-refractivity contribution in [3.63, 3.8) is 0 Å². The quantitative estimate of drug-likeness (QED) is 0.183. The van der Waals surface area contributed by atoms with Crippen LogP contribution in [0, 0.1) is 23.7 Å². The molecule has 0 radical (unpaired) electrons. The van der Waals surface area contributed by atoms with Crippen molar-refractivity contribution in [3.05, 3.63) is 0 Å². The van der Waals surface area contributed by atoms with Gasteiger partial charge in [0.05, 0.1) is 24.6 Å². The fourth-order valence-electron chi connectivity index (χ4n) is 3.80. The molecule has 4 amide bonds. The fourth-order valence-corrected chi connectivity index (χ4v) is 3.80. The zero-order chi connectivity index (χ0) is 27.5. The molecule has 0 heterocycles. The van der Waals surface area contributed by atoms with Gasteiger partial charge in [0.25, 0.3) is 0 Å². The number of amides is 4. The monoisotopic (exact) mass is 499 g/mol. The number of aliphatic hydroxyl groups is 1. The molecule has 0 aliphatic rings. The Kier molecular flexibility index (Phi) is 14.7. The summed E-state index contributed by atoms with van der Waals surface area (Å²) in [7, 11) is 0. The summed E-state index contributed by atoms with van der Waals surface area (Å²) in [5.74, 6) is -2.13. The molecule has 0 aliphatic carbocycles. The SMILES string of the molecule is CC[C@H](C)[C@H](NC(=O)[C@@H](NC(=O)[C@@H](N)CC(C)C)C(C)C)C(=O)N[C@@H](CC(C)C)[C@@H](O)CC(N)=O. The Morgan fingerprint density at radius 3 is 1.69 bits per heavy atom. The van der Waals surface area contributed by atoms with Gasteiger partial charge in [0.15, 0.2) is 0 Å². The maximum Gasteiger partial charge on any atom is 0.243 e. The molecule has 0 aromatic carbocycles. The second-order valence-corrected chi connectivity index (χ2v) is 10.8. The van der Waals surface area contributed by atoms with E-state index in [4.69, 9.17) is 11.5 Å². The molecular formula is C25H49N5O5. The van der Waals surface area contributed by atoms with E-state index in [-0.39, 0.29) is 30.1 Å². The predicted octanol–water partition coefficient (Wildman–Crippen LogP) is 0.799. The van der Waals surface area contributed by atoms with Crippen molar-refractivity contribution >= 4 is 23.6 Å². The minimum atomic E-state index is -1.14. The standard InChI is InChI=1S/C25H49N5O5/c1-9-16(8)22(25(35)28-18(11-14(4)5)19(31)12-20(27)32)30-24(34)21(15(6)7)29-23(33)17(26)10-13(2)3/h13-19,21-22,31H,9-12,26H2,1-8H3,(H2,27,32)(H,28,35)(H,29,33)(H,30,34)/t16-,17-,18-,19-,21-,22-/m0/s1. The van der Waals surface area contributed by atoms with Crippen LogP contribution < -0.4 is 27.4 Å². The summed E-state index contributed by atoms with van der Waals surface area (Å²) in [6.07, 6.45) is 0.101. The van der Waals surface area contributed by atoms with E-state index in [1.54, 1.807) is 13.8 Å². The minimum absolute atomic E-state index is 0.134. The first-order valence-corrected chi connectivity index (χ1v) is 12.7. The second kappa shape index (κ2) is 15.7. The van der Waals surface area contributed by atoms with Crippen LogP contribution in [-0.4, -0.2) is 59.0 Å². The van der Waals surface area contributed by atoms with Crippen LogP contribution >= 0.6 is 0 Å². The van der Waals surface area contributed by atoms with E-state index in [2.05, 4.69) is 16.0 Å². The third-order valence-electron chi connectivity index (χ3n) is 6.03. The van der Waals surface area contributed by atoms with Gasteiger partial charge in [-0.1, -0.05) is 61.8 Å². The summed E-state index contributed by atoms with van der Waals surface area (Å²) in [6.45, 7) is 15.1. The summed E-state index contributed by atoms with van der Waals surface area (Å²) in [6, 6.07) is -3.20. The highest BCUT2D eigenvalue weighted by Crippen LogP contribution is 2.15. The van der Waals surface area contributed by atoms with Crippen LogP contribution in [0.1, 0.15) is 81.1 Å². The Hall–Kier alpha value is -2.20. The van der Waals surface area contributed by atoms with E-state index in [0.29, 0.717) is 19.3 Å². The van der Waals surface area contributed by atoms with E-state index < -0.39 is 53.9 Å². The Morgan fingerprint density at radius 1 is 0.771 bits per heavy atom. The molecule has 8 N–H and O–H groups in total. The van der Waals surface area contributed by atoms with Gasteiger partial charge in [-0.2, -0.15) is 0 Å². The van der Waals surface area contributed by atoms with Crippen LogP contribution in [0.3, 0.4) is 0 Å². The minimum Gasteiger partial charge on any atom is -0.390 e. The van der Waals surface area contributed by atoms with E-state index in [1.165, 1.54) is 0 Å². The highest BCUT2D eigenvalue weighted by molar-refractivity contribution is 5.93. The topological polar surface area (TPSA) is 177 Å². The van der Waals surface area contributed by atoms with Gasteiger partial charge >= 0.3 is 0 Å². The molecule has 0 bridgehead atoms. The van der Waals surface area contributed by atoms with E-state index in [9.17, 15) is 24.3 Å². The smallest absolute Gasteiger partial charge is 0.243 e. The normalized spacial score (nSPS) is 16.8. The van der Waals surface area contributed by atoms with Crippen LogP contribution in [0.5, 0.6) is 0 Å². The van der Waals surface area contributed by atoms with Crippen molar-refractivity contribution in [1.82, 2.24) is 16.0 Å². The largest absolute Gasteiger partial charge is 0.390 e. The van der Waals surface area contributed by atoms with E-state index in [1.807, 2.05) is 41.5 Å². The molecule has 0 aromatic rings. The van der Waals surface area contributed by atoms with Crippen LogP contribution in [-0.2, 0) is 19.2 Å². The van der Waals surface area contributed by atoms with Crippen molar-refractivity contribution in [2.24, 2.45) is 35.1 Å². The summed E-state index contributed by atoms with van der Waals surface area (Å²) in [5, 5.41) is 18.8. The molecule has 0 rings (SSSR count). The molecule has 0 unspecified atom stereocenters. The summed E-state index contributed by atoms with van der Waals surface area (Å²) in [5.41, 5.74) is 11.2. The first-order chi connectivity index (χ1) is 16.1. The van der Waals surface area contributed by atoms with Gasteiger partial charge in [-0.05, 0) is 36.5 Å². The van der Waals surface area contributed by atoms with Crippen molar-refractivity contribution in [3.8, 4) is 0 Å². The predicted molar refractivity (Wildman–Crippen MR) is 137 cm³/mol. The molecular weight excluding hydrogens is 450 g/mol. The van der Waals surface area contributed by atoms with Crippen LogP contribution in [0.2, 0.25) is 0 Å². The molecule has 0 aromatic heterocycles. The van der Waals surface area contributed by atoms with Crippen LogP contribution in [0.25, 0.3) is 0 Å². The zero-order valence-corrected chi connectivity index (χ0v) is 22.8. The number of nitrogens with two attached hydrogens (primary N) is 2. The summed E-state index contributed by atoms with van der Waals surface area (Å²) >= 11 is 0. The number of rotatable bonds is 16. The second-order valence-electron chi connectivity index (χ2n) is 10.8. The number of carbonyl (C=O) groups is 4. The number of hydrogen-bond acceptors (Lipinski definition) is 6. The molecule has 0 aliphatic heterocycles. The highest BCUT2D eigenvalue weighted by atomic mass is 16.3. The summed E-state index contributed by atoms with van der Waals surface area (Å²) < 4.78 is 0. The number of hydrogen-bond donors (Lipinski definition) is 6. The third-order valence-corrected chi connectivity index (χ3v) is 6.03. The molecule has 35 heavy (non-hydrogen) atoms. The average molecular weight is 500 g/mol. The van der Waals surface area contributed by atoms with Gasteiger partial charge in [-0.15, -0.1) is 0 Å². The van der Waals surface area contributed by atoms with Gasteiger partial charge in [-0.3, -0.25) is 19.2 Å². The van der Waals surface area contributed by atoms with Crippen LogP contribution in [0.4, 0.5) is 0 Å². The number of carbonyl (C=O) groups excluding carboxylic acids is 4. The maximum atomic E-state index is 13.2. The Labute approximate surface area is 210 Å². The van der Waals surface area contributed by atoms with Crippen molar-refractivity contribution < 1.29 is 24.3 Å². The molecule has 204 valence electrons. The molecule has 0 saturated heterocycles. The molecule has 10 heteroatoms. The first-order valence-electron chi connectivity index (χ1n) is 12.7. The molecule has 6 atom stereocenters. The van der Waals surface area contributed by atoms with Gasteiger partial charge in [0.2, 0.25) is 23.6 Å². The number of nitrogens with one attached hydrogen (secondary N) is 3. The van der Waals surface area contributed by atoms with Gasteiger partial charge in [0.1, 0.15) is 12.1 Å². The molecule has 0 spiro atoms. The highest BCUT2D eigenvalue weighted by Gasteiger charge is 2.34. The first kappa shape index (κ1) is 32.8. The average Bonchev–Trinajstić information content (AvgIpc) is 2.72. The number of primary amides is 1. The molecule has 0 fully saturated rings. The number of aliphatic hydroxyl groups excluding tert-OH is 1. The van der Waals surface area contributed by atoms with Crippen LogP contribution in [0.15, 0.2) is 0 Å². The van der Waals surface area contributed by atoms with E-state index in [0.717, 1.165) is 0 Å². The van der Waals surface area contributed by atoms with Gasteiger partial charge in [-0.25, -0.2) is 0 Å². The van der Waals surface area contributed by atoms with Crippen molar-refractivity contribution in [2.75, 3.05) is 0 Å². The lowest BCUT2D eigenvalue weighted by Crippen LogP contribution is -2.60. The third kappa shape index (κ3) is 12.4. The zero-order valence-electron chi connectivity index (χ0n) is 22.8. The Bertz CT molecular complexity index is 698. The van der Waals surface area contributed by atoms with Gasteiger partial charge < -0.3 is 32.5 Å². The van der Waals surface area contributed by atoms with Crippen molar-refractivity contribution in [1.29, 1.82) is 0 Å².